The van der Waals surface area contributed by atoms with Gasteiger partial charge in [-0.15, -0.1) is 0 Å². The maximum atomic E-state index is 6.08. The Bertz CT molecular complexity index is 204. The van der Waals surface area contributed by atoms with Gasteiger partial charge in [-0.1, -0.05) is 13.8 Å². The van der Waals surface area contributed by atoms with Crippen LogP contribution in [0.5, 0.6) is 0 Å². The lowest BCUT2D eigenvalue weighted by Crippen LogP contribution is -2.60. The van der Waals surface area contributed by atoms with Crippen LogP contribution >= 0.6 is 0 Å². The Morgan fingerprint density at radius 3 is 2.40 bits per heavy atom. The molecule has 15 heavy (non-hydrogen) atoms. The summed E-state index contributed by atoms with van der Waals surface area (Å²) in [4.78, 5) is 2.51. The maximum Gasteiger partial charge on any atom is 0.0472 e. The molecule has 3 nitrogen and oxygen atoms in total. The molecule has 2 rings (SSSR count). The van der Waals surface area contributed by atoms with Gasteiger partial charge in [0.15, 0.2) is 0 Å². The first-order chi connectivity index (χ1) is 7.11. The van der Waals surface area contributed by atoms with Crippen molar-refractivity contribution in [2.75, 3.05) is 32.8 Å². The van der Waals surface area contributed by atoms with Crippen molar-refractivity contribution in [3.8, 4) is 0 Å². The standard InChI is InChI=1S/C12H24N2O/c1-10(2)11(13)7-14-8-12(9-14)3-5-15-6-4-12/h10-11H,3-9,13H2,1-2H3. The predicted molar refractivity (Wildman–Crippen MR) is 61.7 cm³/mol. The number of ether oxygens (including phenoxy) is 1. The van der Waals surface area contributed by atoms with Crippen LogP contribution in [-0.2, 0) is 4.74 Å². The summed E-state index contributed by atoms with van der Waals surface area (Å²) in [5, 5.41) is 0. The van der Waals surface area contributed by atoms with E-state index in [0.717, 1.165) is 19.8 Å². The molecule has 0 aromatic heterocycles. The zero-order chi connectivity index (χ0) is 10.9. The molecule has 1 atom stereocenters. The first kappa shape index (κ1) is 11.4. The third-order valence-corrected chi connectivity index (χ3v) is 4.00. The van der Waals surface area contributed by atoms with Crippen molar-refractivity contribution in [1.82, 2.24) is 4.90 Å². The number of likely N-dealkylation sites (tertiary alicyclic amines) is 1. The minimum absolute atomic E-state index is 0.335. The van der Waals surface area contributed by atoms with E-state index in [9.17, 15) is 0 Å². The zero-order valence-electron chi connectivity index (χ0n) is 10.0. The summed E-state index contributed by atoms with van der Waals surface area (Å²) in [6.07, 6.45) is 2.50. The Morgan fingerprint density at radius 1 is 1.27 bits per heavy atom. The van der Waals surface area contributed by atoms with Gasteiger partial charge >= 0.3 is 0 Å². The predicted octanol–water partition coefficient (Wildman–Crippen LogP) is 1.08. The van der Waals surface area contributed by atoms with Gasteiger partial charge in [-0.05, 0) is 18.8 Å². The molecule has 1 spiro atoms. The summed E-state index contributed by atoms with van der Waals surface area (Å²) in [7, 11) is 0. The van der Waals surface area contributed by atoms with E-state index in [4.69, 9.17) is 10.5 Å². The van der Waals surface area contributed by atoms with Crippen molar-refractivity contribution in [3.05, 3.63) is 0 Å². The van der Waals surface area contributed by atoms with Gasteiger partial charge in [0, 0.05) is 44.3 Å². The van der Waals surface area contributed by atoms with Gasteiger partial charge in [0.05, 0.1) is 0 Å². The van der Waals surface area contributed by atoms with Crippen LogP contribution in [0.4, 0.5) is 0 Å². The molecule has 0 bridgehead atoms. The fourth-order valence-electron chi connectivity index (χ4n) is 2.66. The van der Waals surface area contributed by atoms with E-state index < -0.39 is 0 Å². The van der Waals surface area contributed by atoms with Gasteiger partial charge in [-0.25, -0.2) is 0 Å². The highest BCUT2D eigenvalue weighted by atomic mass is 16.5. The minimum Gasteiger partial charge on any atom is -0.381 e. The maximum absolute atomic E-state index is 6.08. The van der Waals surface area contributed by atoms with Crippen LogP contribution in [0.2, 0.25) is 0 Å². The Kier molecular flexibility index (Phi) is 3.33. The van der Waals surface area contributed by atoms with Crippen molar-refractivity contribution in [2.24, 2.45) is 17.1 Å². The van der Waals surface area contributed by atoms with Crippen molar-refractivity contribution in [2.45, 2.75) is 32.7 Å². The second-order valence-corrected chi connectivity index (χ2v) is 5.69. The Hall–Kier alpha value is -0.120. The molecule has 2 N–H and O–H groups in total. The summed E-state index contributed by atoms with van der Waals surface area (Å²) in [6, 6.07) is 0.335. The van der Waals surface area contributed by atoms with Gasteiger partial charge < -0.3 is 15.4 Å². The lowest BCUT2D eigenvalue weighted by molar-refractivity contribution is -0.0829. The van der Waals surface area contributed by atoms with Crippen molar-refractivity contribution in [1.29, 1.82) is 0 Å². The van der Waals surface area contributed by atoms with Crippen LogP contribution < -0.4 is 5.73 Å². The van der Waals surface area contributed by atoms with E-state index in [1.165, 1.54) is 25.9 Å². The van der Waals surface area contributed by atoms with Crippen LogP contribution in [0.15, 0.2) is 0 Å². The molecule has 2 saturated heterocycles. The topological polar surface area (TPSA) is 38.5 Å². The molecular weight excluding hydrogens is 188 g/mol. The van der Waals surface area contributed by atoms with Gasteiger partial charge in [0.2, 0.25) is 0 Å². The zero-order valence-corrected chi connectivity index (χ0v) is 10.0. The fourth-order valence-corrected chi connectivity index (χ4v) is 2.66. The smallest absolute Gasteiger partial charge is 0.0472 e. The quantitative estimate of drug-likeness (QED) is 0.761. The molecule has 88 valence electrons. The van der Waals surface area contributed by atoms with Gasteiger partial charge in [0.1, 0.15) is 0 Å². The second-order valence-electron chi connectivity index (χ2n) is 5.69. The molecular formula is C12H24N2O. The third kappa shape index (κ3) is 2.52. The molecule has 0 saturated carbocycles. The molecule has 0 amide bonds. The Labute approximate surface area is 93.0 Å². The van der Waals surface area contributed by atoms with Crippen molar-refractivity contribution >= 4 is 0 Å². The lowest BCUT2D eigenvalue weighted by atomic mass is 9.73. The molecule has 0 aliphatic carbocycles. The summed E-state index contributed by atoms with van der Waals surface area (Å²) in [5.41, 5.74) is 6.67. The molecule has 3 heteroatoms. The Balaban J connectivity index is 1.72. The highest BCUT2D eigenvalue weighted by Crippen LogP contribution is 2.39. The molecule has 2 aliphatic heterocycles. The largest absolute Gasteiger partial charge is 0.381 e. The normalized spacial score (nSPS) is 28.0. The molecule has 0 aromatic rings. The summed E-state index contributed by atoms with van der Waals surface area (Å²) >= 11 is 0. The molecule has 0 radical (unpaired) electrons. The summed E-state index contributed by atoms with van der Waals surface area (Å²) < 4.78 is 5.41. The van der Waals surface area contributed by atoms with E-state index >= 15 is 0 Å². The number of hydrogen-bond acceptors (Lipinski definition) is 3. The molecule has 1 unspecified atom stereocenters. The molecule has 2 heterocycles. The van der Waals surface area contributed by atoms with Gasteiger partial charge in [-0.2, -0.15) is 0 Å². The highest BCUT2D eigenvalue weighted by molar-refractivity contribution is 4.97. The van der Waals surface area contributed by atoms with Crippen molar-refractivity contribution in [3.63, 3.8) is 0 Å². The minimum atomic E-state index is 0.335. The molecule has 2 fully saturated rings. The number of nitrogens with zero attached hydrogens (tertiary/aromatic N) is 1. The number of nitrogens with two attached hydrogens (primary N) is 1. The first-order valence-electron chi connectivity index (χ1n) is 6.17. The third-order valence-electron chi connectivity index (χ3n) is 4.00. The van der Waals surface area contributed by atoms with Crippen LogP contribution in [0.1, 0.15) is 26.7 Å². The average molecular weight is 212 g/mol. The van der Waals surface area contributed by atoms with E-state index in [1.54, 1.807) is 0 Å². The number of rotatable bonds is 3. The molecule has 0 aromatic carbocycles. The highest BCUT2D eigenvalue weighted by Gasteiger charge is 2.43. The summed E-state index contributed by atoms with van der Waals surface area (Å²) in [6.45, 7) is 9.89. The number of hydrogen-bond donors (Lipinski definition) is 1. The Morgan fingerprint density at radius 2 is 1.87 bits per heavy atom. The van der Waals surface area contributed by atoms with Crippen LogP contribution in [-0.4, -0.2) is 43.8 Å². The summed E-state index contributed by atoms with van der Waals surface area (Å²) in [5.74, 6) is 0.594. The second kappa shape index (κ2) is 4.40. The first-order valence-corrected chi connectivity index (χ1v) is 6.17. The average Bonchev–Trinajstić information content (AvgIpc) is 2.16. The van der Waals surface area contributed by atoms with E-state index in [-0.39, 0.29) is 0 Å². The van der Waals surface area contributed by atoms with E-state index in [1.807, 2.05) is 0 Å². The van der Waals surface area contributed by atoms with Crippen LogP contribution in [0, 0.1) is 11.3 Å². The molecule has 2 aliphatic rings. The van der Waals surface area contributed by atoms with E-state index in [0.29, 0.717) is 17.4 Å². The van der Waals surface area contributed by atoms with Crippen LogP contribution in [0.25, 0.3) is 0 Å². The van der Waals surface area contributed by atoms with Crippen LogP contribution in [0.3, 0.4) is 0 Å². The van der Waals surface area contributed by atoms with E-state index in [2.05, 4.69) is 18.7 Å². The monoisotopic (exact) mass is 212 g/mol. The lowest BCUT2D eigenvalue weighted by Gasteiger charge is -2.53. The van der Waals surface area contributed by atoms with Gasteiger partial charge in [-0.3, -0.25) is 0 Å². The van der Waals surface area contributed by atoms with Crippen molar-refractivity contribution < 1.29 is 4.74 Å². The SMILES string of the molecule is CC(C)C(N)CN1CC2(CCOCC2)C1. The fraction of sp³-hybridized carbons (Fsp3) is 1.00. The van der Waals surface area contributed by atoms with Gasteiger partial charge in [0.25, 0.3) is 0 Å².